The Balaban J connectivity index is 2.60. The third-order valence-electron chi connectivity index (χ3n) is 1.81. The Morgan fingerprint density at radius 1 is 1.67 bits per heavy atom. The lowest BCUT2D eigenvalue weighted by Gasteiger charge is -2.10. The minimum atomic E-state index is -0.415. The molecule has 0 fully saturated rings. The van der Waals surface area contributed by atoms with Gasteiger partial charge in [0.2, 0.25) is 0 Å². The van der Waals surface area contributed by atoms with Gasteiger partial charge in [0.25, 0.3) is 0 Å². The molecule has 15 heavy (non-hydrogen) atoms. The zero-order valence-corrected chi connectivity index (χ0v) is 10.0. The van der Waals surface area contributed by atoms with Crippen LogP contribution >= 0.6 is 15.9 Å². The summed E-state index contributed by atoms with van der Waals surface area (Å²) >= 11 is 3.24. The van der Waals surface area contributed by atoms with E-state index < -0.39 is 6.04 Å². The van der Waals surface area contributed by atoms with Gasteiger partial charge in [-0.25, -0.2) is 4.98 Å². The molecule has 0 amide bonds. The standard InChI is InChI=1S/C10H13BrN2O2/c1-2-15-10(14)6-7(12)8-4-3-5-9(11)13-8/h3-5,7H,2,6,12H2,1H3/t7-/m0/s1. The fraction of sp³-hybridized carbons (Fsp3) is 0.400. The molecule has 0 bridgehead atoms. The van der Waals surface area contributed by atoms with Crippen molar-refractivity contribution in [3.63, 3.8) is 0 Å². The van der Waals surface area contributed by atoms with E-state index in [1.54, 1.807) is 19.1 Å². The maximum absolute atomic E-state index is 11.2. The van der Waals surface area contributed by atoms with Crippen LogP contribution in [0.3, 0.4) is 0 Å². The van der Waals surface area contributed by atoms with Gasteiger partial charge in [-0.3, -0.25) is 4.79 Å². The quantitative estimate of drug-likeness (QED) is 0.671. The molecular weight excluding hydrogens is 260 g/mol. The average Bonchev–Trinajstić information content (AvgIpc) is 2.18. The molecule has 0 saturated carbocycles. The van der Waals surface area contributed by atoms with Crippen molar-refractivity contribution in [2.45, 2.75) is 19.4 Å². The number of hydrogen-bond donors (Lipinski definition) is 1. The molecule has 0 aliphatic carbocycles. The van der Waals surface area contributed by atoms with E-state index in [1.165, 1.54) is 0 Å². The van der Waals surface area contributed by atoms with E-state index in [-0.39, 0.29) is 12.4 Å². The van der Waals surface area contributed by atoms with Crippen LogP contribution in [-0.4, -0.2) is 17.6 Å². The summed E-state index contributed by atoms with van der Waals surface area (Å²) in [5, 5.41) is 0. The van der Waals surface area contributed by atoms with Gasteiger partial charge in [-0.2, -0.15) is 0 Å². The molecule has 0 aromatic carbocycles. The summed E-state index contributed by atoms with van der Waals surface area (Å²) < 4.78 is 5.51. The fourth-order valence-electron chi connectivity index (χ4n) is 1.13. The molecule has 1 aromatic rings. The van der Waals surface area contributed by atoms with Crippen LogP contribution in [-0.2, 0) is 9.53 Å². The number of rotatable bonds is 4. The maximum Gasteiger partial charge on any atom is 0.307 e. The first-order valence-corrected chi connectivity index (χ1v) is 5.46. The van der Waals surface area contributed by atoms with Crippen molar-refractivity contribution >= 4 is 21.9 Å². The molecule has 0 unspecified atom stereocenters. The molecule has 1 heterocycles. The average molecular weight is 273 g/mol. The lowest BCUT2D eigenvalue weighted by atomic mass is 10.1. The van der Waals surface area contributed by atoms with Crippen LogP contribution in [0.15, 0.2) is 22.8 Å². The van der Waals surface area contributed by atoms with Crippen molar-refractivity contribution in [2.75, 3.05) is 6.61 Å². The number of pyridine rings is 1. The van der Waals surface area contributed by atoms with Crippen molar-refractivity contribution in [1.82, 2.24) is 4.98 Å². The van der Waals surface area contributed by atoms with Crippen molar-refractivity contribution in [1.29, 1.82) is 0 Å². The second-order valence-electron chi connectivity index (χ2n) is 3.00. The van der Waals surface area contributed by atoms with Gasteiger partial charge >= 0.3 is 5.97 Å². The minimum absolute atomic E-state index is 0.150. The maximum atomic E-state index is 11.2. The number of hydrogen-bond acceptors (Lipinski definition) is 4. The van der Waals surface area contributed by atoms with E-state index in [1.807, 2.05) is 6.07 Å². The van der Waals surface area contributed by atoms with Crippen molar-refractivity contribution < 1.29 is 9.53 Å². The Hall–Kier alpha value is -0.940. The van der Waals surface area contributed by atoms with Crippen LogP contribution in [0.5, 0.6) is 0 Å². The lowest BCUT2D eigenvalue weighted by molar-refractivity contribution is -0.143. The van der Waals surface area contributed by atoms with Crippen LogP contribution in [0.4, 0.5) is 0 Å². The van der Waals surface area contributed by atoms with Crippen LogP contribution in [0.1, 0.15) is 25.1 Å². The summed E-state index contributed by atoms with van der Waals surface area (Å²) in [5.41, 5.74) is 6.49. The Bertz CT molecular complexity index is 344. The van der Waals surface area contributed by atoms with E-state index >= 15 is 0 Å². The van der Waals surface area contributed by atoms with Gasteiger partial charge in [0, 0.05) is 0 Å². The Labute approximate surface area is 97.0 Å². The normalized spacial score (nSPS) is 12.2. The third kappa shape index (κ3) is 3.97. The van der Waals surface area contributed by atoms with Gasteiger partial charge in [-0.15, -0.1) is 0 Å². The minimum Gasteiger partial charge on any atom is -0.466 e. The van der Waals surface area contributed by atoms with E-state index in [9.17, 15) is 4.79 Å². The first-order chi connectivity index (χ1) is 7.13. The molecule has 0 spiro atoms. The highest BCUT2D eigenvalue weighted by Gasteiger charge is 2.13. The highest BCUT2D eigenvalue weighted by Crippen LogP contribution is 2.15. The van der Waals surface area contributed by atoms with E-state index in [0.29, 0.717) is 16.9 Å². The highest BCUT2D eigenvalue weighted by atomic mass is 79.9. The van der Waals surface area contributed by atoms with Gasteiger partial charge in [0.1, 0.15) is 4.60 Å². The number of nitrogens with two attached hydrogens (primary N) is 1. The molecule has 1 rings (SSSR count). The molecule has 0 radical (unpaired) electrons. The molecule has 5 heteroatoms. The summed E-state index contributed by atoms with van der Waals surface area (Å²) in [6, 6.07) is 5.01. The largest absolute Gasteiger partial charge is 0.466 e. The zero-order valence-electron chi connectivity index (χ0n) is 8.44. The molecular formula is C10H13BrN2O2. The number of esters is 1. The van der Waals surface area contributed by atoms with E-state index in [4.69, 9.17) is 10.5 Å². The lowest BCUT2D eigenvalue weighted by Crippen LogP contribution is -2.18. The molecule has 0 aliphatic heterocycles. The summed E-state index contributed by atoms with van der Waals surface area (Å²) in [5.74, 6) is -0.299. The summed E-state index contributed by atoms with van der Waals surface area (Å²) in [6.45, 7) is 2.14. The SMILES string of the molecule is CCOC(=O)C[C@H](N)c1cccc(Br)n1. The molecule has 0 aliphatic rings. The monoisotopic (exact) mass is 272 g/mol. The molecule has 82 valence electrons. The second kappa shape index (κ2) is 5.82. The Morgan fingerprint density at radius 3 is 3.00 bits per heavy atom. The van der Waals surface area contributed by atoms with E-state index in [2.05, 4.69) is 20.9 Å². The third-order valence-corrected chi connectivity index (χ3v) is 2.25. The van der Waals surface area contributed by atoms with Crippen molar-refractivity contribution in [3.8, 4) is 0 Å². The van der Waals surface area contributed by atoms with Gasteiger partial charge in [0.05, 0.1) is 24.8 Å². The molecule has 0 saturated heterocycles. The van der Waals surface area contributed by atoms with Gasteiger partial charge < -0.3 is 10.5 Å². The van der Waals surface area contributed by atoms with Crippen LogP contribution in [0, 0.1) is 0 Å². The number of halogens is 1. The predicted molar refractivity (Wildman–Crippen MR) is 60.1 cm³/mol. The van der Waals surface area contributed by atoms with Gasteiger partial charge in [-0.1, -0.05) is 6.07 Å². The van der Waals surface area contributed by atoms with E-state index in [0.717, 1.165) is 0 Å². The molecule has 4 nitrogen and oxygen atoms in total. The Kier molecular flexibility index (Phi) is 4.71. The number of nitrogens with zero attached hydrogens (tertiary/aromatic N) is 1. The second-order valence-corrected chi connectivity index (χ2v) is 3.81. The van der Waals surface area contributed by atoms with Gasteiger partial charge in [0.15, 0.2) is 0 Å². The predicted octanol–water partition coefficient (Wildman–Crippen LogP) is 1.80. The fourth-order valence-corrected chi connectivity index (χ4v) is 1.49. The first-order valence-electron chi connectivity index (χ1n) is 4.67. The van der Waals surface area contributed by atoms with Crippen LogP contribution in [0.25, 0.3) is 0 Å². The number of ether oxygens (including phenoxy) is 1. The molecule has 2 N–H and O–H groups in total. The summed E-state index contributed by atoms with van der Waals surface area (Å²) in [7, 11) is 0. The van der Waals surface area contributed by atoms with Gasteiger partial charge in [-0.05, 0) is 35.0 Å². The zero-order chi connectivity index (χ0) is 11.3. The van der Waals surface area contributed by atoms with Crippen LogP contribution in [0.2, 0.25) is 0 Å². The summed E-state index contributed by atoms with van der Waals surface area (Å²) in [6.07, 6.45) is 0.150. The molecule has 1 aromatic heterocycles. The first kappa shape index (κ1) is 12.1. The molecule has 1 atom stereocenters. The van der Waals surface area contributed by atoms with Crippen molar-refractivity contribution in [2.24, 2.45) is 5.73 Å². The number of carbonyl (C=O) groups excluding carboxylic acids is 1. The van der Waals surface area contributed by atoms with Crippen LogP contribution < -0.4 is 5.73 Å². The summed E-state index contributed by atoms with van der Waals surface area (Å²) in [4.78, 5) is 15.3. The highest BCUT2D eigenvalue weighted by molar-refractivity contribution is 9.10. The smallest absolute Gasteiger partial charge is 0.307 e. The van der Waals surface area contributed by atoms with Crippen molar-refractivity contribution in [3.05, 3.63) is 28.5 Å². The topological polar surface area (TPSA) is 65.2 Å². The number of carbonyl (C=O) groups is 1. The number of aromatic nitrogens is 1. The Morgan fingerprint density at radius 2 is 2.40 bits per heavy atom.